The molecular formula is C16H10ClN5O2. The van der Waals surface area contributed by atoms with Crippen molar-refractivity contribution in [2.75, 3.05) is 0 Å². The van der Waals surface area contributed by atoms with Crippen LogP contribution in [-0.4, -0.2) is 30.5 Å². The number of carbonyl (C=O) groups is 1. The van der Waals surface area contributed by atoms with Crippen molar-refractivity contribution < 1.29 is 9.08 Å². The molecule has 1 N–H and O–H groups in total. The van der Waals surface area contributed by atoms with Gasteiger partial charge in [0.25, 0.3) is 0 Å². The number of nitrogens with one attached hydrogen (secondary N) is 1. The minimum atomic E-state index is -0.615. The molecule has 118 valence electrons. The predicted molar refractivity (Wildman–Crippen MR) is 87.7 cm³/mol. The standard InChI is InChI=1S/C16H10ClN5O2/c17-24-15(23)10-4-5-11-12(9-10)21-14(20-11)13-3-1-8-22(13)16-18-6-2-7-19-16/h1-9H,(H,20,21). The van der Waals surface area contributed by atoms with Crippen LogP contribution >= 0.6 is 11.9 Å². The molecule has 4 rings (SSSR count). The molecular weight excluding hydrogens is 330 g/mol. The van der Waals surface area contributed by atoms with Crippen molar-refractivity contribution in [3.05, 3.63) is 60.6 Å². The van der Waals surface area contributed by atoms with Gasteiger partial charge in [0, 0.05) is 18.6 Å². The highest BCUT2D eigenvalue weighted by Crippen LogP contribution is 2.23. The first-order valence-electron chi connectivity index (χ1n) is 7.04. The number of nitrogens with zero attached hydrogens (tertiary/aromatic N) is 4. The summed E-state index contributed by atoms with van der Waals surface area (Å²) < 4.78 is 6.04. The Hall–Kier alpha value is -3.19. The molecule has 0 spiro atoms. The third kappa shape index (κ3) is 2.40. The smallest absolute Gasteiger partial charge is 0.343 e. The summed E-state index contributed by atoms with van der Waals surface area (Å²) in [5.74, 6) is 0.569. The number of rotatable bonds is 3. The van der Waals surface area contributed by atoms with Gasteiger partial charge in [-0.2, -0.15) is 0 Å². The quantitative estimate of drug-likeness (QED) is 0.619. The first-order chi connectivity index (χ1) is 11.8. The van der Waals surface area contributed by atoms with Gasteiger partial charge in [0.2, 0.25) is 5.95 Å². The van der Waals surface area contributed by atoms with Gasteiger partial charge in [0.05, 0.1) is 22.3 Å². The molecule has 7 nitrogen and oxygen atoms in total. The first kappa shape index (κ1) is 14.4. The Labute approximate surface area is 141 Å². The van der Waals surface area contributed by atoms with E-state index in [1.54, 1.807) is 36.7 Å². The summed E-state index contributed by atoms with van der Waals surface area (Å²) >= 11 is 5.12. The average Bonchev–Trinajstić information content (AvgIpc) is 3.27. The van der Waals surface area contributed by atoms with Gasteiger partial charge >= 0.3 is 5.97 Å². The van der Waals surface area contributed by atoms with Gasteiger partial charge in [-0.05, 0) is 36.4 Å². The lowest BCUT2D eigenvalue weighted by molar-refractivity contribution is 0.0751. The summed E-state index contributed by atoms with van der Waals surface area (Å²) in [7, 11) is 0. The largest absolute Gasteiger partial charge is 0.356 e. The van der Waals surface area contributed by atoms with Crippen LogP contribution in [0.15, 0.2) is 55.0 Å². The number of hydrogen-bond donors (Lipinski definition) is 1. The second-order valence-corrected chi connectivity index (χ2v) is 5.15. The van der Waals surface area contributed by atoms with E-state index >= 15 is 0 Å². The van der Waals surface area contributed by atoms with Crippen molar-refractivity contribution in [1.82, 2.24) is 24.5 Å². The fourth-order valence-corrected chi connectivity index (χ4v) is 2.56. The minimum Gasteiger partial charge on any atom is -0.343 e. The van der Waals surface area contributed by atoms with Crippen molar-refractivity contribution in [2.45, 2.75) is 0 Å². The van der Waals surface area contributed by atoms with Crippen molar-refractivity contribution in [2.24, 2.45) is 0 Å². The molecule has 0 fully saturated rings. The molecule has 0 aliphatic rings. The topological polar surface area (TPSA) is 85.7 Å². The fraction of sp³-hybridized carbons (Fsp3) is 0. The van der Waals surface area contributed by atoms with Gasteiger partial charge < -0.3 is 9.27 Å². The zero-order valence-electron chi connectivity index (χ0n) is 12.2. The Morgan fingerprint density at radius 2 is 2.00 bits per heavy atom. The summed E-state index contributed by atoms with van der Waals surface area (Å²) in [6.07, 6.45) is 5.21. The number of H-pyrrole nitrogens is 1. The Morgan fingerprint density at radius 1 is 1.17 bits per heavy atom. The van der Waals surface area contributed by atoms with E-state index in [4.69, 9.17) is 11.9 Å². The molecule has 3 heterocycles. The second kappa shape index (κ2) is 5.78. The number of imidazole rings is 1. The van der Waals surface area contributed by atoms with Crippen molar-refractivity contribution in [1.29, 1.82) is 0 Å². The zero-order valence-corrected chi connectivity index (χ0v) is 12.9. The maximum absolute atomic E-state index is 11.5. The molecule has 0 saturated carbocycles. The number of benzene rings is 1. The molecule has 0 aliphatic heterocycles. The number of aromatic amines is 1. The number of carbonyl (C=O) groups excluding carboxylic acids is 1. The van der Waals surface area contributed by atoms with E-state index in [0.29, 0.717) is 22.9 Å². The second-order valence-electron chi connectivity index (χ2n) is 4.99. The first-order valence-corrected chi connectivity index (χ1v) is 7.35. The summed E-state index contributed by atoms with van der Waals surface area (Å²) in [5, 5.41) is 0. The lowest BCUT2D eigenvalue weighted by Crippen LogP contribution is -2.01. The van der Waals surface area contributed by atoms with Gasteiger partial charge in [0.15, 0.2) is 5.82 Å². The van der Waals surface area contributed by atoms with Gasteiger partial charge in [-0.3, -0.25) is 4.57 Å². The Morgan fingerprint density at radius 3 is 2.79 bits per heavy atom. The normalized spacial score (nSPS) is 10.9. The van der Waals surface area contributed by atoms with E-state index < -0.39 is 5.97 Å². The van der Waals surface area contributed by atoms with Gasteiger partial charge in [-0.15, -0.1) is 0 Å². The van der Waals surface area contributed by atoms with Gasteiger partial charge in [0.1, 0.15) is 11.9 Å². The molecule has 3 aromatic heterocycles. The number of aromatic nitrogens is 5. The van der Waals surface area contributed by atoms with Crippen molar-refractivity contribution >= 4 is 28.9 Å². The third-order valence-corrected chi connectivity index (χ3v) is 3.69. The molecule has 4 aromatic rings. The van der Waals surface area contributed by atoms with Crippen LogP contribution in [0, 0.1) is 0 Å². The minimum absolute atomic E-state index is 0.342. The number of hydrogen-bond acceptors (Lipinski definition) is 5. The van der Waals surface area contributed by atoms with Crippen LogP contribution in [0.1, 0.15) is 10.4 Å². The SMILES string of the molecule is O=C(OCl)c1ccc2nc(-c3cccn3-c3ncccn3)[nH]c2c1. The Balaban J connectivity index is 1.81. The maximum atomic E-state index is 11.5. The summed E-state index contributed by atoms with van der Waals surface area (Å²) in [4.78, 5) is 27.8. The molecule has 0 aliphatic carbocycles. The van der Waals surface area contributed by atoms with E-state index in [2.05, 4.69) is 24.2 Å². The highest BCUT2D eigenvalue weighted by Gasteiger charge is 2.14. The van der Waals surface area contributed by atoms with E-state index in [0.717, 1.165) is 11.2 Å². The maximum Gasteiger partial charge on any atom is 0.356 e. The average molecular weight is 340 g/mol. The van der Waals surface area contributed by atoms with Crippen LogP contribution in [0.5, 0.6) is 0 Å². The molecule has 8 heteroatoms. The van der Waals surface area contributed by atoms with Crippen molar-refractivity contribution in [3.8, 4) is 17.5 Å². The Bertz CT molecular complexity index is 1030. The monoisotopic (exact) mass is 339 g/mol. The van der Waals surface area contributed by atoms with Crippen LogP contribution in [0.3, 0.4) is 0 Å². The number of fused-ring (bicyclic) bond motifs is 1. The van der Waals surface area contributed by atoms with E-state index in [9.17, 15) is 4.79 Å². The van der Waals surface area contributed by atoms with Crippen LogP contribution in [0.4, 0.5) is 0 Å². The van der Waals surface area contributed by atoms with E-state index in [1.165, 1.54) is 0 Å². The van der Waals surface area contributed by atoms with Crippen LogP contribution in [-0.2, 0) is 4.29 Å². The molecule has 0 amide bonds. The summed E-state index contributed by atoms with van der Waals surface area (Å²) in [5.41, 5.74) is 2.57. The highest BCUT2D eigenvalue weighted by molar-refractivity contribution is 6.16. The molecule has 0 bridgehead atoms. The predicted octanol–water partition coefficient (Wildman–Crippen LogP) is 3.12. The molecule has 1 aromatic carbocycles. The number of halogens is 1. The van der Waals surface area contributed by atoms with Gasteiger partial charge in [-0.1, -0.05) is 0 Å². The third-order valence-electron chi connectivity index (χ3n) is 3.55. The molecule has 0 radical (unpaired) electrons. The van der Waals surface area contributed by atoms with E-state index in [-0.39, 0.29) is 0 Å². The zero-order chi connectivity index (χ0) is 16.5. The fourth-order valence-electron chi connectivity index (χ4n) is 2.47. The van der Waals surface area contributed by atoms with E-state index in [1.807, 2.05) is 22.9 Å². The van der Waals surface area contributed by atoms with Crippen LogP contribution in [0.25, 0.3) is 28.5 Å². The molecule has 0 saturated heterocycles. The Kier molecular flexibility index (Phi) is 3.47. The summed E-state index contributed by atoms with van der Waals surface area (Å²) in [6, 6.07) is 10.5. The molecule has 0 atom stereocenters. The van der Waals surface area contributed by atoms with Crippen LogP contribution < -0.4 is 0 Å². The molecule has 0 unspecified atom stereocenters. The lowest BCUT2D eigenvalue weighted by atomic mass is 10.2. The van der Waals surface area contributed by atoms with Crippen LogP contribution in [0.2, 0.25) is 0 Å². The molecule has 24 heavy (non-hydrogen) atoms. The summed E-state index contributed by atoms with van der Waals surface area (Å²) in [6.45, 7) is 0. The van der Waals surface area contributed by atoms with Crippen molar-refractivity contribution in [3.63, 3.8) is 0 Å². The van der Waals surface area contributed by atoms with Gasteiger partial charge in [-0.25, -0.2) is 19.7 Å². The highest BCUT2D eigenvalue weighted by atomic mass is 35.5. The lowest BCUT2D eigenvalue weighted by Gasteiger charge is -2.04.